The molecule has 0 aliphatic heterocycles. The number of nitrogens with zero attached hydrogens (tertiary/aromatic N) is 2. The van der Waals surface area contributed by atoms with Gasteiger partial charge in [0.2, 0.25) is 0 Å². The van der Waals surface area contributed by atoms with Crippen molar-refractivity contribution in [1.82, 2.24) is 15.1 Å². The van der Waals surface area contributed by atoms with Gasteiger partial charge >= 0.3 is 11.8 Å². The Morgan fingerprint density at radius 3 is 2.75 bits per heavy atom. The molecule has 2 aliphatic carbocycles. The second kappa shape index (κ2) is 7.34. The fraction of sp³-hybridized carbons (Fsp3) is 0.706. The standard InChI is InChI=1S/C17H26N4O3/c1-11(12-6-7-12)21-15(8-9-18-21)20-17(24)16(23)19-14-5-3-2-4-13(14)10-22/h8-9,11-14,22H,2-7,10H2,1H3,(H,19,23)(H,20,24)/t11-,13-,14-/m1/s1. The van der Waals surface area contributed by atoms with Crippen LogP contribution >= 0.6 is 0 Å². The third-order valence-corrected chi connectivity index (χ3v) is 5.27. The van der Waals surface area contributed by atoms with Crippen LogP contribution < -0.4 is 10.6 Å². The lowest BCUT2D eigenvalue weighted by Crippen LogP contribution is -2.47. The highest BCUT2D eigenvalue weighted by Gasteiger charge is 2.32. The second-order valence-electron chi connectivity index (χ2n) is 7.00. The number of aromatic nitrogens is 2. The zero-order valence-corrected chi connectivity index (χ0v) is 14.1. The molecule has 0 unspecified atom stereocenters. The molecule has 2 fully saturated rings. The molecule has 1 aromatic rings. The Morgan fingerprint density at radius 1 is 1.29 bits per heavy atom. The van der Waals surface area contributed by atoms with Crippen LogP contribution in [-0.2, 0) is 9.59 Å². The maximum Gasteiger partial charge on any atom is 0.314 e. The number of rotatable bonds is 5. The zero-order valence-electron chi connectivity index (χ0n) is 14.1. The summed E-state index contributed by atoms with van der Waals surface area (Å²) in [6.07, 6.45) is 7.75. The number of hydrogen-bond donors (Lipinski definition) is 3. The van der Waals surface area contributed by atoms with Crippen LogP contribution in [0.2, 0.25) is 0 Å². The molecule has 132 valence electrons. The lowest BCUT2D eigenvalue weighted by molar-refractivity contribution is -0.137. The predicted molar refractivity (Wildman–Crippen MR) is 89.3 cm³/mol. The van der Waals surface area contributed by atoms with Gasteiger partial charge in [-0.2, -0.15) is 5.10 Å². The molecular weight excluding hydrogens is 308 g/mol. The molecule has 0 radical (unpaired) electrons. The summed E-state index contributed by atoms with van der Waals surface area (Å²) < 4.78 is 1.78. The summed E-state index contributed by atoms with van der Waals surface area (Å²) in [5.41, 5.74) is 0. The maximum absolute atomic E-state index is 12.2. The molecule has 1 heterocycles. The number of hydrogen-bond acceptors (Lipinski definition) is 4. The number of carbonyl (C=O) groups is 2. The van der Waals surface area contributed by atoms with Gasteiger partial charge in [0.25, 0.3) is 0 Å². The molecule has 2 amide bonds. The number of nitrogens with one attached hydrogen (secondary N) is 2. The Kier molecular flexibility index (Phi) is 5.18. The molecule has 7 nitrogen and oxygen atoms in total. The summed E-state index contributed by atoms with van der Waals surface area (Å²) in [6, 6.07) is 1.80. The number of anilines is 1. The van der Waals surface area contributed by atoms with Gasteiger partial charge < -0.3 is 15.7 Å². The van der Waals surface area contributed by atoms with Crippen LogP contribution in [0.1, 0.15) is 51.5 Å². The van der Waals surface area contributed by atoms with Crippen molar-refractivity contribution in [3.05, 3.63) is 12.3 Å². The minimum absolute atomic E-state index is 0.0379. The lowest BCUT2D eigenvalue weighted by Gasteiger charge is -2.30. The maximum atomic E-state index is 12.2. The first-order chi connectivity index (χ1) is 11.6. The molecular formula is C17H26N4O3. The van der Waals surface area contributed by atoms with E-state index < -0.39 is 11.8 Å². The normalized spacial score (nSPS) is 25.1. The van der Waals surface area contributed by atoms with E-state index in [1.807, 2.05) is 0 Å². The summed E-state index contributed by atoms with van der Waals surface area (Å²) in [5, 5.41) is 19.1. The van der Waals surface area contributed by atoms with E-state index in [0.29, 0.717) is 11.7 Å². The van der Waals surface area contributed by atoms with Gasteiger partial charge in [-0.25, -0.2) is 4.68 Å². The van der Waals surface area contributed by atoms with Crippen LogP contribution in [0.4, 0.5) is 5.82 Å². The SMILES string of the molecule is C[C@H](C1CC1)n1nccc1NC(=O)C(=O)N[C@@H]1CCCC[C@@H]1CO. The summed E-state index contributed by atoms with van der Waals surface area (Å²) in [4.78, 5) is 24.4. The van der Waals surface area contributed by atoms with E-state index in [1.54, 1.807) is 16.9 Å². The summed E-state index contributed by atoms with van der Waals surface area (Å²) in [5.74, 6) is -0.135. The monoisotopic (exact) mass is 334 g/mol. The molecule has 2 saturated carbocycles. The first-order valence-corrected chi connectivity index (χ1v) is 8.86. The fourth-order valence-corrected chi connectivity index (χ4v) is 3.54. The topological polar surface area (TPSA) is 96.2 Å². The molecule has 0 aromatic carbocycles. The Balaban J connectivity index is 1.58. The van der Waals surface area contributed by atoms with Gasteiger partial charge in [-0.15, -0.1) is 0 Å². The van der Waals surface area contributed by atoms with E-state index in [1.165, 1.54) is 12.8 Å². The van der Waals surface area contributed by atoms with E-state index >= 15 is 0 Å². The largest absolute Gasteiger partial charge is 0.396 e. The first-order valence-electron chi connectivity index (χ1n) is 8.86. The van der Waals surface area contributed by atoms with Gasteiger partial charge in [0.15, 0.2) is 0 Å². The van der Waals surface area contributed by atoms with Crippen molar-refractivity contribution in [2.45, 2.75) is 57.5 Å². The molecule has 0 saturated heterocycles. The molecule has 2 aliphatic rings. The van der Waals surface area contributed by atoms with Crippen LogP contribution in [-0.4, -0.2) is 39.4 Å². The second-order valence-corrected chi connectivity index (χ2v) is 7.00. The predicted octanol–water partition coefficient (Wildman–Crippen LogP) is 1.46. The van der Waals surface area contributed by atoms with E-state index in [0.717, 1.165) is 25.7 Å². The van der Waals surface area contributed by atoms with Crippen LogP contribution in [0.3, 0.4) is 0 Å². The van der Waals surface area contributed by atoms with Gasteiger partial charge in [0, 0.05) is 24.6 Å². The molecule has 3 atom stereocenters. The van der Waals surface area contributed by atoms with Crippen molar-refractivity contribution in [1.29, 1.82) is 0 Å². The van der Waals surface area contributed by atoms with Crippen LogP contribution in [0.5, 0.6) is 0 Å². The van der Waals surface area contributed by atoms with Crippen molar-refractivity contribution in [2.75, 3.05) is 11.9 Å². The van der Waals surface area contributed by atoms with Gasteiger partial charge in [-0.05, 0) is 38.5 Å². The first kappa shape index (κ1) is 17.0. The van der Waals surface area contributed by atoms with Crippen molar-refractivity contribution in [2.24, 2.45) is 11.8 Å². The van der Waals surface area contributed by atoms with Crippen molar-refractivity contribution in [3.63, 3.8) is 0 Å². The lowest BCUT2D eigenvalue weighted by atomic mass is 9.85. The molecule has 1 aromatic heterocycles. The van der Waals surface area contributed by atoms with Gasteiger partial charge in [0.1, 0.15) is 5.82 Å². The zero-order chi connectivity index (χ0) is 17.1. The highest BCUT2D eigenvalue weighted by Crippen LogP contribution is 2.40. The fourth-order valence-electron chi connectivity index (χ4n) is 3.54. The van der Waals surface area contributed by atoms with Crippen molar-refractivity contribution < 1.29 is 14.7 Å². The number of aliphatic hydroxyl groups excluding tert-OH is 1. The highest BCUT2D eigenvalue weighted by molar-refractivity contribution is 6.39. The van der Waals surface area contributed by atoms with Crippen molar-refractivity contribution in [3.8, 4) is 0 Å². The Bertz CT molecular complexity index is 596. The summed E-state index contributed by atoms with van der Waals surface area (Å²) in [6.45, 7) is 2.12. The smallest absolute Gasteiger partial charge is 0.314 e. The van der Waals surface area contributed by atoms with Crippen LogP contribution in [0.25, 0.3) is 0 Å². The van der Waals surface area contributed by atoms with Crippen LogP contribution in [0.15, 0.2) is 12.3 Å². The quantitative estimate of drug-likeness (QED) is 0.710. The highest BCUT2D eigenvalue weighted by atomic mass is 16.3. The van der Waals surface area contributed by atoms with E-state index in [-0.39, 0.29) is 24.6 Å². The minimum Gasteiger partial charge on any atom is -0.396 e. The minimum atomic E-state index is -0.679. The van der Waals surface area contributed by atoms with E-state index in [9.17, 15) is 14.7 Å². The van der Waals surface area contributed by atoms with Crippen LogP contribution in [0, 0.1) is 11.8 Å². The Morgan fingerprint density at radius 2 is 2.04 bits per heavy atom. The summed E-state index contributed by atoms with van der Waals surface area (Å²) in [7, 11) is 0. The third-order valence-electron chi connectivity index (χ3n) is 5.27. The Hall–Kier alpha value is -1.89. The number of carbonyl (C=O) groups excluding carboxylic acids is 2. The summed E-state index contributed by atoms with van der Waals surface area (Å²) >= 11 is 0. The molecule has 3 rings (SSSR count). The Labute approximate surface area is 141 Å². The van der Waals surface area contributed by atoms with E-state index in [4.69, 9.17) is 0 Å². The molecule has 0 bridgehead atoms. The molecule has 0 spiro atoms. The third kappa shape index (κ3) is 3.77. The van der Waals surface area contributed by atoms with E-state index in [2.05, 4.69) is 22.7 Å². The van der Waals surface area contributed by atoms with Gasteiger partial charge in [0.05, 0.1) is 12.2 Å². The number of aliphatic hydroxyl groups is 1. The van der Waals surface area contributed by atoms with Gasteiger partial charge in [-0.3, -0.25) is 9.59 Å². The molecule has 24 heavy (non-hydrogen) atoms. The van der Waals surface area contributed by atoms with Gasteiger partial charge in [-0.1, -0.05) is 12.8 Å². The average molecular weight is 334 g/mol. The van der Waals surface area contributed by atoms with Crippen molar-refractivity contribution >= 4 is 17.6 Å². The molecule has 7 heteroatoms. The number of amides is 2. The average Bonchev–Trinajstić information content (AvgIpc) is 3.34. The molecule has 3 N–H and O–H groups in total.